The zero-order valence-electron chi connectivity index (χ0n) is 22.0. The molecule has 0 unspecified atom stereocenters. The molecular formula is C27H38N4O4S. The molecule has 0 aliphatic carbocycles. The number of ether oxygens (including phenoxy) is 2. The van der Waals surface area contributed by atoms with E-state index in [1.165, 1.54) is 18.3 Å². The zero-order valence-corrected chi connectivity index (χ0v) is 22.8. The van der Waals surface area contributed by atoms with E-state index in [9.17, 15) is 8.42 Å². The standard InChI is InChI=1S/C27H38N4O4S/c1-27(2,3)26-29-23-17-21(7-8-24(23)31(26)19-20-10-15-34-16-11-20)36(32,33)22-9-12-28-25(18-22)35-14-6-13-30(4)5/h7-9,12,17-18,20H,6,10-11,13-16,19H2,1-5H3. The average Bonchev–Trinajstić information content (AvgIpc) is 3.21. The van der Waals surface area contributed by atoms with Crippen LogP contribution in [-0.4, -0.2) is 68.3 Å². The summed E-state index contributed by atoms with van der Waals surface area (Å²) >= 11 is 0. The third-order valence-corrected chi connectivity index (χ3v) is 8.25. The smallest absolute Gasteiger partial charge is 0.214 e. The summed E-state index contributed by atoms with van der Waals surface area (Å²) in [7, 11) is 0.244. The number of nitrogens with zero attached hydrogens (tertiary/aromatic N) is 4. The summed E-state index contributed by atoms with van der Waals surface area (Å²) in [6.07, 6.45) is 4.36. The van der Waals surface area contributed by atoms with Crippen LogP contribution >= 0.6 is 0 Å². The molecule has 9 heteroatoms. The fourth-order valence-corrected chi connectivity index (χ4v) is 5.83. The topological polar surface area (TPSA) is 86.6 Å². The third kappa shape index (κ3) is 6.07. The fourth-order valence-electron chi connectivity index (χ4n) is 4.55. The molecule has 2 aromatic heterocycles. The van der Waals surface area contributed by atoms with Gasteiger partial charge in [-0.05, 0) is 63.5 Å². The van der Waals surface area contributed by atoms with Gasteiger partial charge in [0, 0.05) is 44.0 Å². The van der Waals surface area contributed by atoms with Gasteiger partial charge >= 0.3 is 0 Å². The van der Waals surface area contributed by atoms with Crippen molar-refractivity contribution < 1.29 is 17.9 Å². The third-order valence-electron chi connectivity index (χ3n) is 6.50. The minimum absolute atomic E-state index is 0.164. The molecule has 0 N–H and O–H groups in total. The van der Waals surface area contributed by atoms with Gasteiger partial charge in [-0.3, -0.25) is 0 Å². The molecular weight excluding hydrogens is 476 g/mol. The summed E-state index contributed by atoms with van der Waals surface area (Å²) in [6.45, 7) is 10.2. The van der Waals surface area contributed by atoms with E-state index in [1.54, 1.807) is 12.1 Å². The lowest BCUT2D eigenvalue weighted by Crippen LogP contribution is -2.25. The Balaban J connectivity index is 1.63. The van der Waals surface area contributed by atoms with Crippen molar-refractivity contribution in [1.29, 1.82) is 0 Å². The van der Waals surface area contributed by atoms with Crippen LogP contribution in [0, 0.1) is 5.92 Å². The van der Waals surface area contributed by atoms with E-state index < -0.39 is 9.84 Å². The average molecular weight is 515 g/mol. The largest absolute Gasteiger partial charge is 0.478 e. The summed E-state index contributed by atoms with van der Waals surface area (Å²) in [5.41, 5.74) is 1.49. The summed E-state index contributed by atoms with van der Waals surface area (Å²) in [5.74, 6) is 1.80. The van der Waals surface area contributed by atoms with Crippen molar-refractivity contribution in [2.24, 2.45) is 5.92 Å². The van der Waals surface area contributed by atoms with Gasteiger partial charge in [0.25, 0.3) is 0 Å². The van der Waals surface area contributed by atoms with Crippen molar-refractivity contribution in [1.82, 2.24) is 19.4 Å². The second kappa shape index (κ2) is 10.9. The number of pyridine rings is 1. The molecule has 3 aromatic rings. The van der Waals surface area contributed by atoms with Crippen LogP contribution in [0.2, 0.25) is 0 Å². The first-order valence-electron chi connectivity index (χ1n) is 12.6. The molecule has 3 heterocycles. The number of sulfone groups is 1. The van der Waals surface area contributed by atoms with Gasteiger partial charge in [0.15, 0.2) is 0 Å². The molecule has 0 spiro atoms. The molecule has 1 saturated heterocycles. The van der Waals surface area contributed by atoms with Gasteiger partial charge in [0.05, 0.1) is 27.4 Å². The monoisotopic (exact) mass is 514 g/mol. The van der Waals surface area contributed by atoms with E-state index in [2.05, 4.69) is 35.2 Å². The predicted octanol–water partition coefficient (Wildman–Crippen LogP) is 4.32. The Kier molecular flexibility index (Phi) is 8.02. The van der Waals surface area contributed by atoms with Crippen molar-refractivity contribution in [3.63, 3.8) is 0 Å². The molecule has 8 nitrogen and oxygen atoms in total. The van der Waals surface area contributed by atoms with Crippen molar-refractivity contribution in [3.05, 3.63) is 42.4 Å². The second-order valence-electron chi connectivity index (χ2n) is 10.8. The molecule has 0 bridgehead atoms. The molecule has 0 saturated carbocycles. The lowest BCUT2D eigenvalue weighted by molar-refractivity contribution is 0.0611. The first-order chi connectivity index (χ1) is 17.1. The van der Waals surface area contributed by atoms with Crippen LogP contribution in [0.25, 0.3) is 11.0 Å². The SMILES string of the molecule is CN(C)CCCOc1cc(S(=O)(=O)c2ccc3c(c2)nc(C(C)(C)C)n3CC2CCOCC2)ccn1. The Morgan fingerprint density at radius 2 is 1.83 bits per heavy atom. The fraction of sp³-hybridized carbons (Fsp3) is 0.556. The van der Waals surface area contributed by atoms with Crippen LogP contribution in [-0.2, 0) is 26.5 Å². The van der Waals surface area contributed by atoms with Crippen LogP contribution < -0.4 is 4.74 Å². The second-order valence-corrected chi connectivity index (χ2v) is 12.8. The Morgan fingerprint density at radius 3 is 2.53 bits per heavy atom. The highest BCUT2D eigenvalue weighted by Crippen LogP contribution is 2.32. The van der Waals surface area contributed by atoms with Gasteiger partial charge in [-0.25, -0.2) is 18.4 Å². The maximum Gasteiger partial charge on any atom is 0.214 e. The maximum atomic E-state index is 13.5. The van der Waals surface area contributed by atoms with Gasteiger partial charge < -0.3 is 18.9 Å². The number of aromatic nitrogens is 3. The summed E-state index contributed by atoms with van der Waals surface area (Å²) in [4.78, 5) is 11.6. The van der Waals surface area contributed by atoms with Crippen molar-refractivity contribution >= 4 is 20.9 Å². The molecule has 36 heavy (non-hydrogen) atoms. The van der Waals surface area contributed by atoms with Crippen molar-refractivity contribution in [2.45, 2.75) is 61.8 Å². The van der Waals surface area contributed by atoms with E-state index in [1.807, 2.05) is 20.2 Å². The number of fused-ring (bicyclic) bond motifs is 1. The van der Waals surface area contributed by atoms with Gasteiger partial charge in [-0.15, -0.1) is 0 Å². The van der Waals surface area contributed by atoms with Crippen LogP contribution in [0.1, 0.15) is 45.9 Å². The summed E-state index contributed by atoms with van der Waals surface area (Å²) in [6, 6.07) is 8.28. The van der Waals surface area contributed by atoms with E-state index in [-0.39, 0.29) is 15.2 Å². The highest BCUT2D eigenvalue weighted by atomic mass is 32.2. The van der Waals surface area contributed by atoms with Gasteiger partial charge in [-0.1, -0.05) is 20.8 Å². The van der Waals surface area contributed by atoms with E-state index in [0.717, 1.165) is 56.9 Å². The minimum Gasteiger partial charge on any atom is -0.478 e. The number of hydrogen-bond acceptors (Lipinski definition) is 7. The maximum absolute atomic E-state index is 13.5. The van der Waals surface area contributed by atoms with Crippen molar-refractivity contribution in [3.8, 4) is 5.88 Å². The molecule has 1 aliphatic rings. The Hall–Kier alpha value is -2.49. The zero-order chi connectivity index (χ0) is 25.9. The van der Waals surface area contributed by atoms with Crippen LogP contribution in [0.3, 0.4) is 0 Å². The lowest BCUT2D eigenvalue weighted by Gasteiger charge is -2.26. The molecule has 1 fully saturated rings. The quantitative estimate of drug-likeness (QED) is 0.393. The van der Waals surface area contributed by atoms with E-state index in [0.29, 0.717) is 23.9 Å². The molecule has 196 valence electrons. The first-order valence-corrected chi connectivity index (χ1v) is 14.1. The Labute approximate surface area is 214 Å². The molecule has 4 rings (SSSR count). The van der Waals surface area contributed by atoms with E-state index >= 15 is 0 Å². The minimum atomic E-state index is -3.76. The molecule has 0 amide bonds. The highest BCUT2D eigenvalue weighted by molar-refractivity contribution is 7.91. The first kappa shape index (κ1) is 26.6. The Morgan fingerprint density at radius 1 is 1.11 bits per heavy atom. The number of rotatable bonds is 9. The number of imidazole rings is 1. The van der Waals surface area contributed by atoms with E-state index in [4.69, 9.17) is 14.5 Å². The van der Waals surface area contributed by atoms with Crippen molar-refractivity contribution in [2.75, 3.05) is 40.5 Å². The Bertz CT molecular complexity index is 1290. The lowest BCUT2D eigenvalue weighted by atomic mass is 9.94. The van der Waals surface area contributed by atoms with Crippen LogP contribution in [0.15, 0.2) is 46.3 Å². The number of benzene rings is 1. The van der Waals surface area contributed by atoms with Gasteiger partial charge in [0.1, 0.15) is 5.82 Å². The van der Waals surface area contributed by atoms with Crippen LogP contribution in [0.5, 0.6) is 5.88 Å². The molecule has 0 radical (unpaired) electrons. The number of hydrogen-bond donors (Lipinski definition) is 0. The summed E-state index contributed by atoms with van der Waals surface area (Å²) < 4.78 is 40.5. The van der Waals surface area contributed by atoms with Gasteiger partial charge in [-0.2, -0.15) is 0 Å². The molecule has 1 aliphatic heterocycles. The summed E-state index contributed by atoms with van der Waals surface area (Å²) in [5, 5.41) is 0. The van der Waals surface area contributed by atoms with Crippen LogP contribution in [0.4, 0.5) is 0 Å². The predicted molar refractivity (Wildman–Crippen MR) is 140 cm³/mol. The normalized spacial score (nSPS) is 15.6. The molecule has 0 atom stereocenters. The molecule has 1 aromatic carbocycles. The van der Waals surface area contributed by atoms with Gasteiger partial charge in [0.2, 0.25) is 15.7 Å². The highest BCUT2D eigenvalue weighted by Gasteiger charge is 2.27.